The molecule has 0 radical (unpaired) electrons. The number of nitrogens with two attached hydrogens (primary N) is 1. The first-order valence-electron chi connectivity index (χ1n) is 4.58. The molecule has 0 saturated heterocycles. The fraction of sp³-hybridized carbons (Fsp3) is 0.333. The Morgan fingerprint density at radius 2 is 2.36 bits per heavy atom. The Morgan fingerprint density at radius 3 is 3.07 bits per heavy atom. The molecule has 74 valence electrons. The summed E-state index contributed by atoms with van der Waals surface area (Å²) < 4.78 is 0. The molecule has 2 rings (SSSR count). The number of anilines is 1. The number of aromatic amines is 2. The summed E-state index contributed by atoms with van der Waals surface area (Å²) in [4.78, 5) is 21.0. The second-order valence-corrected chi connectivity index (χ2v) is 3.24. The highest BCUT2D eigenvalue weighted by Crippen LogP contribution is 2.13. The number of nitrogens with one attached hydrogen (secondary N) is 2. The van der Waals surface area contributed by atoms with Gasteiger partial charge >= 0.3 is 0 Å². The lowest BCUT2D eigenvalue weighted by Crippen LogP contribution is -2.11. The van der Waals surface area contributed by atoms with Gasteiger partial charge in [-0.2, -0.15) is 4.98 Å². The topological polar surface area (TPSA) is 87.6 Å². The predicted molar refractivity (Wildman–Crippen MR) is 55.1 cm³/mol. The SMILES string of the molecule is CCCc1c[nH]c2nc(N)[nH]c(=O)c12. The average Bonchev–Trinajstić information content (AvgIpc) is 2.49. The highest BCUT2D eigenvalue weighted by Gasteiger charge is 2.08. The fourth-order valence-corrected chi connectivity index (χ4v) is 1.59. The summed E-state index contributed by atoms with van der Waals surface area (Å²) in [7, 11) is 0. The highest BCUT2D eigenvalue weighted by molar-refractivity contribution is 5.79. The Bertz CT molecular complexity index is 511. The summed E-state index contributed by atoms with van der Waals surface area (Å²) in [5.41, 5.74) is 6.81. The number of aryl methyl sites for hydroxylation is 1. The monoisotopic (exact) mass is 192 g/mol. The number of hydrogen-bond acceptors (Lipinski definition) is 3. The zero-order valence-electron chi connectivity index (χ0n) is 7.92. The maximum Gasteiger partial charge on any atom is 0.262 e. The quantitative estimate of drug-likeness (QED) is 0.657. The predicted octanol–water partition coefficient (Wildman–Crippen LogP) is 0.786. The van der Waals surface area contributed by atoms with Crippen LogP contribution in [0.4, 0.5) is 5.95 Å². The van der Waals surface area contributed by atoms with Gasteiger partial charge in [-0.3, -0.25) is 9.78 Å². The van der Waals surface area contributed by atoms with Crippen LogP contribution in [0.15, 0.2) is 11.0 Å². The molecule has 2 aromatic heterocycles. The molecule has 5 nitrogen and oxygen atoms in total. The molecule has 0 unspecified atom stereocenters. The number of hydrogen-bond donors (Lipinski definition) is 3. The zero-order valence-corrected chi connectivity index (χ0v) is 7.92. The van der Waals surface area contributed by atoms with E-state index in [0.717, 1.165) is 18.4 Å². The normalized spacial score (nSPS) is 10.9. The third-order valence-corrected chi connectivity index (χ3v) is 2.16. The molecule has 5 heteroatoms. The van der Waals surface area contributed by atoms with Gasteiger partial charge < -0.3 is 10.7 Å². The van der Waals surface area contributed by atoms with E-state index in [0.29, 0.717) is 11.0 Å². The fourth-order valence-electron chi connectivity index (χ4n) is 1.59. The van der Waals surface area contributed by atoms with Gasteiger partial charge in [0, 0.05) is 6.20 Å². The molecular formula is C9H12N4O. The van der Waals surface area contributed by atoms with Gasteiger partial charge in [0.2, 0.25) is 5.95 Å². The lowest BCUT2D eigenvalue weighted by molar-refractivity contribution is 0.927. The molecule has 0 fully saturated rings. The van der Waals surface area contributed by atoms with Gasteiger partial charge in [-0.05, 0) is 12.0 Å². The van der Waals surface area contributed by atoms with Gasteiger partial charge in [-0.1, -0.05) is 13.3 Å². The van der Waals surface area contributed by atoms with E-state index in [-0.39, 0.29) is 11.5 Å². The van der Waals surface area contributed by atoms with Crippen molar-refractivity contribution in [2.75, 3.05) is 5.73 Å². The van der Waals surface area contributed by atoms with Gasteiger partial charge in [-0.25, -0.2) is 0 Å². The maximum absolute atomic E-state index is 11.6. The largest absolute Gasteiger partial charge is 0.369 e. The van der Waals surface area contributed by atoms with Crippen LogP contribution in [0.1, 0.15) is 18.9 Å². The van der Waals surface area contributed by atoms with Crippen molar-refractivity contribution in [1.82, 2.24) is 15.0 Å². The second-order valence-electron chi connectivity index (χ2n) is 3.24. The van der Waals surface area contributed by atoms with Crippen LogP contribution in [-0.2, 0) is 6.42 Å². The Hall–Kier alpha value is -1.78. The minimum atomic E-state index is -0.169. The lowest BCUT2D eigenvalue weighted by atomic mass is 10.1. The van der Waals surface area contributed by atoms with Gasteiger partial charge in [-0.15, -0.1) is 0 Å². The molecule has 0 aromatic carbocycles. The smallest absolute Gasteiger partial charge is 0.262 e. The van der Waals surface area contributed by atoms with E-state index in [9.17, 15) is 4.79 Å². The van der Waals surface area contributed by atoms with Crippen molar-refractivity contribution in [1.29, 1.82) is 0 Å². The van der Waals surface area contributed by atoms with E-state index >= 15 is 0 Å². The lowest BCUT2D eigenvalue weighted by Gasteiger charge is -1.95. The van der Waals surface area contributed by atoms with Crippen LogP contribution in [0.3, 0.4) is 0 Å². The van der Waals surface area contributed by atoms with E-state index < -0.39 is 0 Å². The van der Waals surface area contributed by atoms with Crippen molar-refractivity contribution in [2.24, 2.45) is 0 Å². The zero-order chi connectivity index (χ0) is 10.1. The molecule has 0 saturated carbocycles. The first-order valence-corrected chi connectivity index (χ1v) is 4.58. The Balaban J connectivity index is 2.73. The van der Waals surface area contributed by atoms with Crippen LogP contribution in [0.2, 0.25) is 0 Å². The van der Waals surface area contributed by atoms with Crippen LogP contribution in [-0.4, -0.2) is 15.0 Å². The number of H-pyrrole nitrogens is 2. The van der Waals surface area contributed by atoms with Gasteiger partial charge in [0.25, 0.3) is 5.56 Å². The van der Waals surface area contributed by atoms with Crippen molar-refractivity contribution in [3.8, 4) is 0 Å². The Labute approximate surface area is 80.4 Å². The molecule has 0 amide bonds. The van der Waals surface area contributed by atoms with E-state index in [1.54, 1.807) is 0 Å². The number of nitrogens with zero attached hydrogens (tertiary/aromatic N) is 1. The molecule has 0 atom stereocenters. The summed E-state index contributed by atoms with van der Waals surface area (Å²) in [5, 5.41) is 0.626. The maximum atomic E-state index is 11.6. The standard InChI is InChI=1S/C9H12N4O/c1-2-3-5-4-11-7-6(5)8(14)13-9(10)12-7/h4H,2-3H2,1H3,(H4,10,11,12,13,14). The molecule has 0 spiro atoms. The highest BCUT2D eigenvalue weighted by atomic mass is 16.1. The van der Waals surface area contributed by atoms with Crippen molar-refractivity contribution in [3.05, 3.63) is 22.1 Å². The molecule has 4 N–H and O–H groups in total. The number of fused-ring (bicyclic) bond motifs is 1. The van der Waals surface area contributed by atoms with Crippen LogP contribution in [0.5, 0.6) is 0 Å². The molecular weight excluding hydrogens is 180 g/mol. The van der Waals surface area contributed by atoms with Crippen molar-refractivity contribution in [3.63, 3.8) is 0 Å². The van der Waals surface area contributed by atoms with E-state index in [4.69, 9.17) is 5.73 Å². The van der Waals surface area contributed by atoms with Gasteiger partial charge in [0.15, 0.2) is 0 Å². The van der Waals surface area contributed by atoms with Gasteiger partial charge in [0.05, 0.1) is 5.39 Å². The molecule has 14 heavy (non-hydrogen) atoms. The van der Waals surface area contributed by atoms with Crippen LogP contribution < -0.4 is 11.3 Å². The third kappa shape index (κ3) is 1.26. The van der Waals surface area contributed by atoms with Crippen molar-refractivity contribution >= 4 is 17.0 Å². The summed E-state index contributed by atoms with van der Waals surface area (Å²) in [5.74, 6) is 0.146. The molecule has 0 aliphatic carbocycles. The van der Waals surface area contributed by atoms with Crippen LogP contribution >= 0.6 is 0 Å². The molecule has 0 aliphatic heterocycles. The number of aromatic nitrogens is 3. The van der Waals surface area contributed by atoms with Crippen LogP contribution in [0.25, 0.3) is 11.0 Å². The first kappa shape index (κ1) is 8.80. The van der Waals surface area contributed by atoms with E-state index in [2.05, 4.69) is 21.9 Å². The second kappa shape index (κ2) is 3.17. The summed E-state index contributed by atoms with van der Waals surface area (Å²) in [6, 6.07) is 0. The van der Waals surface area contributed by atoms with Crippen molar-refractivity contribution < 1.29 is 0 Å². The summed E-state index contributed by atoms with van der Waals surface area (Å²) in [6.45, 7) is 2.07. The Morgan fingerprint density at radius 1 is 1.57 bits per heavy atom. The van der Waals surface area contributed by atoms with Crippen molar-refractivity contribution in [2.45, 2.75) is 19.8 Å². The minimum Gasteiger partial charge on any atom is -0.369 e. The summed E-state index contributed by atoms with van der Waals surface area (Å²) >= 11 is 0. The third-order valence-electron chi connectivity index (χ3n) is 2.16. The molecule has 0 aliphatic rings. The number of rotatable bonds is 2. The molecule has 2 heterocycles. The van der Waals surface area contributed by atoms with Crippen LogP contribution in [0, 0.1) is 0 Å². The van der Waals surface area contributed by atoms with E-state index in [1.165, 1.54) is 0 Å². The molecule has 2 aromatic rings. The minimum absolute atomic E-state index is 0.146. The average molecular weight is 192 g/mol. The molecule has 0 bridgehead atoms. The number of nitrogen functional groups attached to an aromatic ring is 1. The summed E-state index contributed by atoms with van der Waals surface area (Å²) in [6.07, 6.45) is 3.68. The van der Waals surface area contributed by atoms with Gasteiger partial charge in [0.1, 0.15) is 5.65 Å². The first-order chi connectivity index (χ1) is 6.72. The van der Waals surface area contributed by atoms with E-state index in [1.807, 2.05) is 6.20 Å². The Kier molecular flexibility index (Phi) is 1.99.